The van der Waals surface area contributed by atoms with Gasteiger partial charge in [0.05, 0.1) is 6.61 Å². The lowest BCUT2D eigenvalue weighted by atomic mass is 10.2. The zero-order valence-corrected chi connectivity index (χ0v) is 21.5. The Morgan fingerprint density at radius 3 is 2.43 bits per heavy atom. The third-order valence-electron chi connectivity index (χ3n) is 6.64. The molecule has 3 heterocycles. The second kappa shape index (κ2) is 11.4. The zero-order valence-electron chi connectivity index (χ0n) is 21.5. The lowest BCUT2D eigenvalue weighted by Gasteiger charge is -2.36. The SMILES string of the molecule is COCCOc1ccc(N2CCN(CCN(C)c3cc4nc(-c5ccccc5)nn4c(N)n3)CC2)cc1. The van der Waals surface area contributed by atoms with Crippen LogP contribution in [-0.2, 0) is 4.74 Å². The number of ether oxygens (including phenoxy) is 2. The first-order valence-corrected chi connectivity index (χ1v) is 12.6. The molecule has 2 aromatic heterocycles. The van der Waals surface area contributed by atoms with Gasteiger partial charge in [-0.3, -0.25) is 4.90 Å². The van der Waals surface area contributed by atoms with Crippen molar-refractivity contribution in [2.45, 2.75) is 0 Å². The number of fused-ring (bicyclic) bond motifs is 1. The Balaban J connectivity index is 1.14. The van der Waals surface area contributed by atoms with Gasteiger partial charge in [0.2, 0.25) is 5.95 Å². The highest BCUT2D eigenvalue weighted by Gasteiger charge is 2.18. The normalized spacial score (nSPS) is 14.3. The molecule has 2 aromatic carbocycles. The number of anilines is 3. The number of aromatic nitrogens is 4. The van der Waals surface area contributed by atoms with Crippen LogP contribution in [0.2, 0.25) is 0 Å². The predicted molar refractivity (Wildman–Crippen MR) is 146 cm³/mol. The highest BCUT2D eigenvalue weighted by molar-refractivity contribution is 5.62. The van der Waals surface area contributed by atoms with Crippen LogP contribution in [0.1, 0.15) is 0 Å². The third-order valence-corrected chi connectivity index (χ3v) is 6.64. The van der Waals surface area contributed by atoms with Gasteiger partial charge in [-0.2, -0.15) is 9.50 Å². The number of methoxy groups -OCH3 is 1. The number of hydrogen-bond donors (Lipinski definition) is 1. The molecule has 10 heteroatoms. The molecule has 4 aromatic rings. The van der Waals surface area contributed by atoms with Crippen LogP contribution in [0, 0.1) is 0 Å². The lowest BCUT2D eigenvalue weighted by molar-refractivity contribution is 0.146. The molecule has 2 N–H and O–H groups in total. The summed E-state index contributed by atoms with van der Waals surface area (Å²) in [5.41, 5.74) is 9.10. The van der Waals surface area contributed by atoms with Gasteiger partial charge >= 0.3 is 0 Å². The molecule has 194 valence electrons. The van der Waals surface area contributed by atoms with Crippen LogP contribution in [-0.4, -0.2) is 91.1 Å². The predicted octanol–water partition coefficient (Wildman–Crippen LogP) is 2.66. The fourth-order valence-corrected chi connectivity index (χ4v) is 4.44. The summed E-state index contributed by atoms with van der Waals surface area (Å²) in [4.78, 5) is 16.3. The summed E-state index contributed by atoms with van der Waals surface area (Å²) >= 11 is 0. The molecule has 0 unspecified atom stereocenters. The van der Waals surface area contributed by atoms with E-state index in [2.05, 4.69) is 41.9 Å². The van der Waals surface area contributed by atoms with Crippen molar-refractivity contribution in [1.82, 2.24) is 24.5 Å². The molecule has 0 atom stereocenters. The van der Waals surface area contributed by atoms with Gasteiger partial charge in [-0.15, -0.1) is 5.10 Å². The van der Waals surface area contributed by atoms with E-state index in [9.17, 15) is 0 Å². The molecule has 0 radical (unpaired) electrons. The fourth-order valence-electron chi connectivity index (χ4n) is 4.44. The second-order valence-electron chi connectivity index (χ2n) is 9.13. The number of nitrogen functional groups attached to an aromatic ring is 1. The molecule has 0 bridgehead atoms. The number of nitrogens with two attached hydrogens (primary N) is 1. The average Bonchev–Trinajstić information content (AvgIpc) is 3.38. The molecular formula is C27H34N8O2. The number of hydrogen-bond acceptors (Lipinski definition) is 9. The molecule has 1 fully saturated rings. The van der Waals surface area contributed by atoms with Gasteiger partial charge in [0.25, 0.3) is 0 Å². The van der Waals surface area contributed by atoms with Gasteiger partial charge in [-0.1, -0.05) is 30.3 Å². The number of rotatable bonds is 10. The number of piperazine rings is 1. The van der Waals surface area contributed by atoms with E-state index < -0.39 is 0 Å². The van der Waals surface area contributed by atoms with Crippen LogP contribution in [0.3, 0.4) is 0 Å². The molecule has 1 saturated heterocycles. The highest BCUT2D eigenvalue weighted by atomic mass is 16.5. The third kappa shape index (κ3) is 5.92. The van der Waals surface area contributed by atoms with E-state index in [1.807, 2.05) is 55.6 Å². The highest BCUT2D eigenvalue weighted by Crippen LogP contribution is 2.22. The van der Waals surface area contributed by atoms with Crippen molar-refractivity contribution in [3.05, 3.63) is 60.7 Å². The molecule has 10 nitrogen and oxygen atoms in total. The van der Waals surface area contributed by atoms with Crippen LogP contribution in [0.4, 0.5) is 17.5 Å². The fraction of sp³-hybridized carbons (Fsp3) is 0.370. The van der Waals surface area contributed by atoms with Crippen molar-refractivity contribution in [2.24, 2.45) is 0 Å². The molecular weight excluding hydrogens is 468 g/mol. The monoisotopic (exact) mass is 502 g/mol. The second-order valence-corrected chi connectivity index (χ2v) is 9.13. The summed E-state index contributed by atoms with van der Waals surface area (Å²) in [6.45, 7) is 6.96. The number of nitrogens with zero attached hydrogens (tertiary/aromatic N) is 7. The molecule has 1 aliphatic rings. The largest absolute Gasteiger partial charge is 0.491 e. The molecule has 5 rings (SSSR count). The van der Waals surface area contributed by atoms with Gasteiger partial charge in [0, 0.05) is 70.7 Å². The van der Waals surface area contributed by atoms with E-state index in [0.29, 0.717) is 30.6 Å². The van der Waals surface area contributed by atoms with Gasteiger partial charge in [0.1, 0.15) is 18.2 Å². The topological polar surface area (TPSA) is 97.3 Å². The van der Waals surface area contributed by atoms with Crippen molar-refractivity contribution in [3.63, 3.8) is 0 Å². The quantitative estimate of drug-likeness (QED) is 0.328. The first kappa shape index (κ1) is 24.8. The summed E-state index contributed by atoms with van der Waals surface area (Å²) in [7, 11) is 3.72. The summed E-state index contributed by atoms with van der Waals surface area (Å²) < 4.78 is 12.3. The van der Waals surface area contributed by atoms with Crippen molar-refractivity contribution in [1.29, 1.82) is 0 Å². The number of benzene rings is 2. The van der Waals surface area contributed by atoms with Crippen LogP contribution in [0.25, 0.3) is 17.0 Å². The van der Waals surface area contributed by atoms with E-state index in [4.69, 9.17) is 15.2 Å². The first-order chi connectivity index (χ1) is 18.1. The Labute approximate surface area is 217 Å². The van der Waals surface area contributed by atoms with E-state index in [1.165, 1.54) is 5.69 Å². The molecule has 37 heavy (non-hydrogen) atoms. The Morgan fingerprint density at radius 1 is 0.946 bits per heavy atom. The maximum absolute atomic E-state index is 6.23. The van der Waals surface area contributed by atoms with Crippen LogP contribution in [0.5, 0.6) is 5.75 Å². The Kier molecular flexibility index (Phi) is 7.67. The van der Waals surface area contributed by atoms with Crippen molar-refractivity contribution < 1.29 is 9.47 Å². The van der Waals surface area contributed by atoms with Gasteiger partial charge in [-0.25, -0.2) is 4.98 Å². The van der Waals surface area contributed by atoms with E-state index in [0.717, 1.165) is 56.4 Å². The van der Waals surface area contributed by atoms with Gasteiger partial charge < -0.3 is 25.0 Å². The summed E-state index contributed by atoms with van der Waals surface area (Å²) in [5.74, 6) is 2.64. The van der Waals surface area contributed by atoms with Crippen LogP contribution in [0.15, 0.2) is 60.7 Å². The Bertz CT molecular complexity index is 1290. The minimum absolute atomic E-state index is 0.331. The first-order valence-electron chi connectivity index (χ1n) is 12.6. The van der Waals surface area contributed by atoms with Crippen LogP contribution < -0.4 is 20.3 Å². The van der Waals surface area contributed by atoms with E-state index in [-0.39, 0.29) is 0 Å². The van der Waals surface area contributed by atoms with Gasteiger partial charge in [-0.05, 0) is 24.3 Å². The minimum atomic E-state index is 0.331. The van der Waals surface area contributed by atoms with Crippen molar-refractivity contribution in [3.8, 4) is 17.1 Å². The van der Waals surface area contributed by atoms with E-state index >= 15 is 0 Å². The zero-order chi connectivity index (χ0) is 25.6. The number of likely N-dealkylation sites (N-methyl/N-ethyl adjacent to an activating group) is 1. The average molecular weight is 503 g/mol. The van der Waals surface area contributed by atoms with Crippen molar-refractivity contribution >= 4 is 23.1 Å². The summed E-state index contributed by atoms with van der Waals surface area (Å²) in [6, 6.07) is 20.1. The molecule has 0 aliphatic carbocycles. The molecule has 0 spiro atoms. The van der Waals surface area contributed by atoms with Gasteiger partial charge in [0.15, 0.2) is 11.5 Å². The summed E-state index contributed by atoms with van der Waals surface area (Å²) in [6.07, 6.45) is 0. The van der Waals surface area contributed by atoms with Crippen LogP contribution >= 0.6 is 0 Å². The summed E-state index contributed by atoms with van der Waals surface area (Å²) in [5, 5.41) is 4.53. The maximum Gasteiger partial charge on any atom is 0.225 e. The smallest absolute Gasteiger partial charge is 0.225 e. The van der Waals surface area contributed by atoms with Crippen molar-refractivity contribution in [2.75, 3.05) is 82.2 Å². The molecule has 0 amide bonds. The standard InChI is InChI=1S/C27H34N8O2/c1-32(24-20-25-29-26(21-6-4-3-5-7-21)31-35(25)27(28)30-24)12-13-33-14-16-34(17-15-33)22-8-10-23(11-9-22)37-19-18-36-2/h3-11,20H,12-19H2,1-2H3,(H2,28,30). The Hall–Kier alpha value is -3.89. The minimum Gasteiger partial charge on any atom is -0.491 e. The Morgan fingerprint density at radius 2 is 1.70 bits per heavy atom. The van der Waals surface area contributed by atoms with E-state index in [1.54, 1.807) is 11.6 Å². The molecule has 0 saturated carbocycles. The lowest BCUT2D eigenvalue weighted by Crippen LogP contribution is -2.48. The maximum atomic E-state index is 6.23. The molecule has 1 aliphatic heterocycles.